The van der Waals surface area contributed by atoms with Gasteiger partial charge in [0, 0.05) is 0 Å². The van der Waals surface area contributed by atoms with Crippen LogP contribution in [0.25, 0.3) is 0 Å². The molecule has 0 aromatic rings. The van der Waals surface area contributed by atoms with Crippen LogP contribution in [0.2, 0.25) is 0 Å². The van der Waals surface area contributed by atoms with Crippen molar-refractivity contribution in [1.82, 2.24) is 0 Å². The molecule has 2 rings (SSSR count). The van der Waals surface area contributed by atoms with Gasteiger partial charge < -0.3 is 5.11 Å². The first-order chi connectivity index (χ1) is 5.74. The number of carbonyl (C=O) groups excluding carboxylic acids is 1. The van der Waals surface area contributed by atoms with Crippen molar-refractivity contribution in [3.05, 3.63) is 23.8 Å². The van der Waals surface area contributed by atoms with Gasteiger partial charge in [0.1, 0.15) is 4.93 Å². The van der Waals surface area contributed by atoms with Crippen LogP contribution in [0.4, 0.5) is 0 Å². The van der Waals surface area contributed by atoms with Crippen LogP contribution < -0.4 is 0 Å². The van der Waals surface area contributed by atoms with Crippen LogP contribution in [0.3, 0.4) is 0 Å². The Bertz CT molecular complexity index is 317. The summed E-state index contributed by atoms with van der Waals surface area (Å²) in [5.74, 6) is 0. The molecule has 0 aromatic carbocycles. The van der Waals surface area contributed by atoms with Crippen molar-refractivity contribution in [2.75, 3.05) is 6.54 Å². The standard InChI is InChI=1S/C8H7NO2S/c10-5-9-4-6-1-2-8(11)7(3-6)12-8/h1-3,7,11H,4H2. The number of aliphatic hydroxyl groups is 1. The van der Waals surface area contributed by atoms with E-state index in [1.165, 1.54) is 17.8 Å². The number of nitrogens with zero attached hydrogens (tertiary/aromatic N) is 1. The first-order valence-corrected chi connectivity index (χ1v) is 4.46. The maximum Gasteiger partial charge on any atom is 0.235 e. The summed E-state index contributed by atoms with van der Waals surface area (Å²) in [6, 6.07) is 0. The Labute approximate surface area is 73.9 Å². The summed E-state index contributed by atoms with van der Waals surface area (Å²) in [4.78, 5) is 12.6. The lowest BCUT2D eigenvalue weighted by Crippen LogP contribution is -2.11. The second-order valence-electron chi connectivity index (χ2n) is 2.77. The Balaban J connectivity index is 2.07. The molecule has 0 amide bonds. The lowest BCUT2D eigenvalue weighted by atomic mass is 10.1. The molecule has 1 saturated heterocycles. The summed E-state index contributed by atoms with van der Waals surface area (Å²) >= 11 is 1.49. The number of hydrogen-bond acceptors (Lipinski definition) is 4. The zero-order valence-electron chi connectivity index (χ0n) is 6.23. The Morgan fingerprint density at radius 3 is 3.33 bits per heavy atom. The minimum absolute atomic E-state index is 0.166. The van der Waals surface area contributed by atoms with Crippen molar-refractivity contribution in [2.45, 2.75) is 10.2 Å². The molecular weight excluding hydrogens is 174 g/mol. The molecule has 2 atom stereocenters. The Hall–Kier alpha value is -0.830. The van der Waals surface area contributed by atoms with Gasteiger partial charge in [-0.15, -0.1) is 11.8 Å². The molecular formula is C8H7NO2S. The van der Waals surface area contributed by atoms with E-state index in [1.807, 2.05) is 6.08 Å². The lowest BCUT2D eigenvalue weighted by Gasteiger charge is -2.05. The van der Waals surface area contributed by atoms with E-state index < -0.39 is 4.93 Å². The molecule has 2 unspecified atom stereocenters. The molecule has 0 spiro atoms. The number of thioether (sulfide) groups is 1. The van der Waals surface area contributed by atoms with Crippen LogP contribution in [-0.4, -0.2) is 27.9 Å². The molecule has 0 saturated carbocycles. The van der Waals surface area contributed by atoms with Crippen molar-refractivity contribution in [1.29, 1.82) is 0 Å². The maximum absolute atomic E-state index is 9.80. The molecule has 12 heavy (non-hydrogen) atoms. The third kappa shape index (κ3) is 1.25. The molecule has 1 fully saturated rings. The van der Waals surface area contributed by atoms with Gasteiger partial charge in [-0.1, -0.05) is 12.2 Å². The fourth-order valence-corrected chi connectivity index (χ4v) is 2.04. The monoisotopic (exact) mass is 181 g/mol. The molecule has 1 N–H and O–H groups in total. The van der Waals surface area contributed by atoms with Crippen molar-refractivity contribution >= 4 is 17.8 Å². The number of rotatable bonds is 2. The van der Waals surface area contributed by atoms with Crippen LogP contribution in [0.1, 0.15) is 0 Å². The second kappa shape index (κ2) is 2.59. The smallest absolute Gasteiger partial charge is 0.235 e. The first kappa shape index (κ1) is 7.80. The van der Waals surface area contributed by atoms with E-state index in [1.54, 1.807) is 12.2 Å². The average molecular weight is 181 g/mol. The van der Waals surface area contributed by atoms with Gasteiger partial charge in [-0.2, -0.15) is 0 Å². The summed E-state index contributed by atoms with van der Waals surface area (Å²) in [6.45, 7) is 0.368. The average Bonchev–Trinajstić information content (AvgIpc) is 2.72. The normalized spacial score (nSPS) is 36.4. The molecule has 1 aliphatic heterocycles. The maximum atomic E-state index is 9.80. The fraction of sp³-hybridized carbons (Fsp3) is 0.375. The highest BCUT2D eigenvalue weighted by Crippen LogP contribution is 2.55. The lowest BCUT2D eigenvalue weighted by molar-refractivity contribution is 0.228. The van der Waals surface area contributed by atoms with Crippen LogP contribution in [0, 0.1) is 0 Å². The van der Waals surface area contributed by atoms with Gasteiger partial charge in [0.05, 0.1) is 11.8 Å². The molecule has 0 aromatic heterocycles. The SMILES string of the molecule is O=C=NCC1=CC2SC2(O)C=C1. The van der Waals surface area contributed by atoms with E-state index in [9.17, 15) is 9.90 Å². The van der Waals surface area contributed by atoms with Gasteiger partial charge >= 0.3 is 0 Å². The Kier molecular flexibility index (Phi) is 1.68. The topological polar surface area (TPSA) is 49.7 Å². The second-order valence-corrected chi connectivity index (χ2v) is 4.17. The predicted molar refractivity (Wildman–Crippen MR) is 46.5 cm³/mol. The van der Waals surface area contributed by atoms with Gasteiger partial charge in [0.25, 0.3) is 0 Å². The zero-order valence-corrected chi connectivity index (χ0v) is 7.04. The van der Waals surface area contributed by atoms with E-state index >= 15 is 0 Å². The number of fused-ring (bicyclic) bond motifs is 1. The first-order valence-electron chi connectivity index (χ1n) is 3.58. The minimum Gasteiger partial charge on any atom is -0.374 e. The Morgan fingerprint density at radius 2 is 2.67 bits per heavy atom. The van der Waals surface area contributed by atoms with E-state index in [0.29, 0.717) is 6.54 Å². The molecule has 3 nitrogen and oxygen atoms in total. The molecule has 0 radical (unpaired) electrons. The van der Waals surface area contributed by atoms with Crippen molar-refractivity contribution in [2.24, 2.45) is 4.99 Å². The summed E-state index contributed by atoms with van der Waals surface area (Å²) in [5.41, 5.74) is 0.970. The number of aliphatic imine (C=N–C) groups is 1. The number of isocyanates is 1. The van der Waals surface area contributed by atoms with Gasteiger partial charge in [-0.05, 0) is 11.6 Å². The van der Waals surface area contributed by atoms with Crippen LogP contribution in [0.5, 0.6) is 0 Å². The van der Waals surface area contributed by atoms with E-state index in [2.05, 4.69) is 4.99 Å². The summed E-state index contributed by atoms with van der Waals surface area (Å²) < 4.78 is 0. The predicted octanol–water partition coefficient (Wildman–Crippen LogP) is 0.622. The van der Waals surface area contributed by atoms with Gasteiger partial charge in [0.15, 0.2) is 0 Å². The highest BCUT2D eigenvalue weighted by Gasteiger charge is 2.52. The fourth-order valence-electron chi connectivity index (χ4n) is 1.16. The van der Waals surface area contributed by atoms with Gasteiger partial charge in [-0.25, -0.2) is 9.79 Å². The third-order valence-corrected chi connectivity index (χ3v) is 3.16. The van der Waals surface area contributed by atoms with E-state index in [4.69, 9.17) is 0 Å². The minimum atomic E-state index is -0.658. The molecule has 62 valence electrons. The largest absolute Gasteiger partial charge is 0.374 e. The molecule has 2 aliphatic rings. The van der Waals surface area contributed by atoms with E-state index in [0.717, 1.165) is 5.57 Å². The van der Waals surface area contributed by atoms with Gasteiger partial charge in [0.2, 0.25) is 6.08 Å². The quantitative estimate of drug-likeness (QED) is 0.386. The molecule has 1 heterocycles. The Morgan fingerprint density at radius 1 is 1.83 bits per heavy atom. The van der Waals surface area contributed by atoms with Crippen molar-refractivity contribution in [3.63, 3.8) is 0 Å². The van der Waals surface area contributed by atoms with Crippen LogP contribution >= 0.6 is 11.8 Å². The zero-order chi connectivity index (χ0) is 8.60. The highest BCUT2D eigenvalue weighted by molar-refractivity contribution is 8.08. The molecule has 0 bridgehead atoms. The highest BCUT2D eigenvalue weighted by atomic mass is 32.2. The van der Waals surface area contributed by atoms with E-state index in [-0.39, 0.29) is 5.25 Å². The summed E-state index contributed by atoms with van der Waals surface area (Å²) in [5, 5.41) is 9.68. The van der Waals surface area contributed by atoms with Crippen LogP contribution in [-0.2, 0) is 4.79 Å². The van der Waals surface area contributed by atoms with Crippen molar-refractivity contribution in [3.8, 4) is 0 Å². The van der Waals surface area contributed by atoms with Crippen LogP contribution in [0.15, 0.2) is 28.8 Å². The molecule has 4 heteroatoms. The van der Waals surface area contributed by atoms with Crippen molar-refractivity contribution < 1.29 is 9.90 Å². The number of hydrogen-bond donors (Lipinski definition) is 1. The summed E-state index contributed by atoms with van der Waals surface area (Å²) in [6.07, 6.45) is 6.97. The van der Waals surface area contributed by atoms with Gasteiger partial charge in [-0.3, -0.25) is 0 Å². The summed E-state index contributed by atoms with van der Waals surface area (Å²) in [7, 11) is 0. The molecule has 1 aliphatic carbocycles. The third-order valence-electron chi connectivity index (χ3n) is 1.89.